The smallest absolute Gasteiger partial charge is 0.0110 e. The Balaban J connectivity index is 1.59. The minimum atomic E-state index is 0.972. The maximum atomic E-state index is 3.94. The second kappa shape index (κ2) is 5.83. The Labute approximate surface area is 94.0 Å². The van der Waals surface area contributed by atoms with Gasteiger partial charge >= 0.3 is 0 Å². The van der Waals surface area contributed by atoms with Crippen LogP contribution in [0.2, 0.25) is 0 Å². The lowest BCUT2D eigenvalue weighted by Gasteiger charge is -2.34. The molecule has 0 aromatic rings. The molecule has 0 amide bonds. The van der Waals surface area contributed by atoms with Crippen molar-refractivity contribution in [2.75, 3.05) is 58.9 Å². The van der Waals surface area contributed by atoms with Crippen molar-refractivity contribution >= 4 is 0 Å². The van der Waals surface area contributed by atoms with Crippen LogP contribution in [0.1, 0.15) is 12.8 Å². The predicted molar refractivity (Wildman–Crippen MR) is 63.9 cm³/mol. The van der Waals surface area contributed by atoms with Crippen LogP contribution in [0.3, 0.4) is 0 Å². The number of likely N-dealkylation sites (tertiary alicyclic amines) is 1. The Morgan fingerprint density at radius 3 is 1.67 bits per heavy atom. The fourth-order valence-corrected chi connectivity index (χ4v) is 2.53. The third-order valence-electron chi connectivity index (χ3n) is 3.71. The Kier molecular flexibility index (Phi) is 4.42. The number of piperazine rings is 1. The van der Waals surface area contributed by atoms with E-state index in [1.54, 1.807) is 0 Å². The number of rotatable bonds is 4. The van der Waals surface area contributed by atoms with E-state index in [1.165, 1.54) is 65.2 Å². The van der Waals surface area contributed by atoms with Crippen molar-refractivity contribution in [3.8, 4) is 0 Å². The molecule has 0 bridgehead atoms. The lowest BCUT2D eigenvalue weighted by molar-refractivity contribution is 0.130. The summed E-state index contributed by atoms with van der Waals surface area (Å²) >= 11 is 0. The molecule has 2 aliphatic heterocycles. The summed E-state index contributed by atoms with van der Waals surface area (Å²) in [7, 11) is 0. The number of nitrogens with zero attached hydrogens (tertiary/aromatic N) is 3. The summed E-state index contributed by atoms with van der Waals surface area (Å²) in [6.45, 7) is 15.0. The molecule has 1 radical (unpaired) electrons. The quantitative estimate of drug-likeness (QED) is 0.670. The van der Waals surface area contributed by atoms with Gasteiger partial charge in [-0.25, -0.2) is 0 Å². The minimum Gasteiger partial charge on any atom is -0.302 e. The Morgan fingerprint density at radius 2 is 1.13 bits per heavy atom. The van der Waals surface area contributed by atoms with Crippen LogP contribution in [-0.4, -0.2) is 73.6 Å². The molecule has 0 N–H and O–H groups in total. The van der Waals surface area contributed by atoms with E-state index in [-0.39, 0.29) is 0 Å². The van der Waals surface area contributed by atoms with Gasteiger partial charge in [0.05, 0.1) is 0 Å². The van der Waals surface area contributed by atoms with Crippen molar-refractivity contribution in [2.45, 2.75) is 12.8 Å². The van der Waals surface area contributed by atoms with Crippen molar-refractivity contribution in [2.24, 2.45) is 0 Å². The first-order valence-corrected chi connectivity index (χ1v) is 6.35. The third kappa shape index (κ3) is 3.44. The lowest BCUT2D eigenvalue weighted by atomic mass is 10.3. The van der Waals surface area contributed by atoms with Gasteiger partial charge in [-0.1, -0.05) is 0 Å². The molecule has 3 nitrogen and oxygen atoms in total. The Bertz CT molecular complexity index is 170. The normalized spacial score (nSPS) is 26.2. The van der Waals surface area contributed by atoms with Crippen molar-refractivity contribution in [1.82, 2.24) is 14.7 Å². The highest BCUT2D eigenvalue weighted by Gasteiger charge is 2.17. The Hall–Kier alpha value is -0.120. The van der Waals surface area contributed by atoms with Gasteiger partial charge in [0.15, 0.2) is 0 Å². The van der Waals surface area contributed by atoms with Crippen molar-refractivity contribution in [1.29, 1.82) is 0 Å². The number of hydrogen-bond acceptors (Lipinski definition) is 3. The van der Waals surface area contributed by atoms with Crippen LogP contribution in [0.15, 0.2) is 0 Å². The highest BCUT2D eigenvalue weighted by Crippen LogP contribution is 2.07. The summed E-state index contributed by atoms with van der Waals surface area (Å²) in [4.78, 5) is 7.64. The summed E-state index contributed by atoms with van der Waals surface area (Å²) in [5.74, 6) is 0. The van der Waals surface area contributed by atoms with E-state index in [0.29, 0.717) is 0 Å². The molecule has 2 saturated heterocycles. The van der Waals surface area contributed by atoms with Gasteiger partial charge in [0.1, 0.15) is 0 Å². The van der Waals surface area contributed by atoms with E-state index in [1.807, 2.05) is 0 Å². The molecule has 87 valence electrons. The van der Waals surface area contributed by atoms with Crippen LogP contribution in [0.25, 0.3) is 0 Å². The fraction of sp³-hybridized carbons (Fsp3) is 0.917. The summed E-state index contributed by atoms with van der Waals surface area (Å²) in [6.07, 6.45) is 2.82. The van der Waals surface area contributed by atoms with E-state index in [9.17, 15) is 0 Å². The van der Waals surface area contributed by atoms with E-state index in [2.05, 4.69) is 21.6 Å². The summed E-state index contributed by atoms with van der Waals surface area (Å²) in [5, 5.41) is 0. The standard InChI is InChI=1S/C12H24N3/c1-2-13-7-9-15(10-8-13)12-11-14-5-3-4-6-14/h1-12H2. The molecule has 2 aliphatic rings. The molecule has 2 rings (SSSR count). The predicted octanol–water partition coefficient (Wildman–Crippen LogP) is 0.534. The largest absolute Gasteiger partial charge is 0.302 e. The fourth-order valence-electron chi connectivity index (χ4n) is 2.53. The molecule has 15 heavy (non-hydrogen) atoms. The van der Waals surface area contributed by atoms with Crippen LogP contribution in [0.4, 0.5) is 0 Å². The molecule has 0 spiro atoms. The molecule has 0 aromatic carbocycles. The van der Waals surface area contributed by atoms with Crippen LogP contribution in [-0.2, 0) is 0 Å². The first-order chi connectivity index (χ1) is 7.38. The molecule has 2 heterocycles. The van der Waals surface area contributed by atoms with Crippen LogP contribution < -0.4 is 0 Å². The molecule has 0 unspecified atom stereocenters. The second-order valence-corrected chi connectivity index (χ2v) is 4.73. The SMILES string of the molecule is [CH2]CN1CCN(CCN2CCCC2)CC1. The molecular weight excluding hydrogens is 186 g/mol. The third-order valence-corrected chi connectivity index (χ3v) is 3.71. The van der Waals surface area contributed by atoms with Gasteiger partial charge in [-0.3, -0.25) is 4.90 Å². The van der Waals surface area contributed by atoms with E-state index in [4.69, 9.17) is 0 Å². The highest BCUT2D eigenvalue weighted by molar-refractivity contribution is 4.74. The molecule has 0 saturated carbocycles. The average Bonchev–Trinajstić information content (AvgIpc) is 2.80. The van der Waals surface area contributed by atoms with Gasteiger partial charge < -0.3 is 9.80 Å². The molecule has 3 heteroatoms. The zero-order valence-electron chi connectivity index (χ0n) is 9.83. The van der Waals surface area contributed by atoms with E-state index in [0.717, 1.165) is 6.54 Å². The maximum absolute atomic E-state index is 3.94. The van der Waals surface area contributed by atoms with Gasteiger partial charge in [0, 0.05) is 39.3 Å². The summed E-state index contributed by atoms with van der Waals surface area (Å²) < 4.78 is 0. The van der Waals surface area contributed by atoms with Crippen LogP contribution in [0, 0.1) is 6.92 Å². The molecule has 2 fully saturated rings. The topological polar surface area (TPSA) is 9.72 Å². The van der Waals surface area contributed by atoms with Crippen molar-refractivity contribution < 1.29 is 0 Å². The molecule has 0 aromatic heterocycles. The lowest BCUT2D eigenvalue weighted by Crippen LogP contribution is -2.48. The molecule has 0 atom stereocenters. The van der Waals surface area contributed by atoms with Gasteiger partial charge in [-0.2, -0.15) is 0 Å². The minimum absolute atomic E-state index is 0.972. The first kappa shape index (κ1) is 11.4. The average molecular weight is 210 g/mol. The van der Waals surface area contributed by atoms with Gasteiger partial charge in [-0.15, -0.1) is 0 Å². The van der Waals surface area contributed by atoms with Gasteiger partial charge in [0.25, 0.3) is 0 Å². The second-order valence-electron chi connectivity index (χ2n) is 4.73. The van der Waals surface area contributed by atoms with Crippen LogP contribution in [0.5, 0.6) is 0 Å². The van der Waals surface area contributed by atoms with Crippen LogP contribution >= 0.6 is 0 Å². The Morgan fingerprint density at radius 1 is 0.667 bits per heavy atom. The van der Waals surface area contributed by atoms with Crippen molar-refractivity contribution in [3.05, 3.63) is 6.92 Å². The van der Waals surface area contributed by atoms with E-state index >= 15 is 0 Å². The summed E-state index contributed by atoms with van der Waals surface area (Å²) in [6, 6.07) is 0. The van der Waals surface area contributed by atoms with Gasteiger partial charge in [-0.05, 0) is 39.4 Å². The highest BCUT2D eigenvalue weighted by atomic mass is 15.3. The van der Waals surface area contributed by atoms with E-state index < -0.39 is 0 Å². The first-order valence-electron chi connectivity index (χ1n) is 6.35. The number of hydrogen-bond donors (Lipinski definition) is 0. The maximum Gasteiger partial charge on any atom is 0.0110 e. The monoisotopic (exact) mass is 210 g/mol. The molecule has 0 aliphatic carbocycles. The zero-order chi connectivity index (χ0) is 10.5. The molecular formula is C12H24N3. The van der Waals surface area contributed by atoms with Crippen molar-refractivity contribution in [3.63, 3.8) is 0 Å². The summed E-state index contributed by atoms with van der Waals surface area (Å²) in [5.41, 5.74) is 0. The zero-order valence-corrected chi connectivity index (χ0v) is 9.83. The van der Waals surface area contributed by atoms with Gasteiger partial charge in [0.2, 0.25) is 0 Å².